The van der Waals surface area contributed by atoms with E-state index in [-0.39, 0.29) is 18.4 Å². The molecule has 1 aliphatic heterocycles. The first-order chi connectivity index (χ1) is 9.80. The van der Waals surface area contributed by atoms with Gasteiger partial charge in [0.05, 0.1) is 20.3 Å². The predicted molar refractivity (Wildman–Crippen MR) is 79.3 cm³/mol. The van der Waals surface area contributed by atoms with E-state index in [1.807, 2.05) is 18.2 Å². The summed E-state index contributed by atoms with van der Waals surface area (Å²) in [6, 6.07) is 6.00. The number of methoxy groups -OCH3 is 2. The van der Waals surface area contributed by atoms with Gasteiger partial charge >= 0.3 is 0 Å². The molecule has 1 saturated heterocycles. The molecule has 1 N–H and O–H groups in total. The maximum Gasteiger partial charge on any atom is 0.243 e. The van der Waals surface area contributed by atoms with Crippen molar-refractivity contribution in [3.05, 3.63) is 35.5 Å². The van der Waals surface area contributed by atoms with Crippen molar-refractivity contribution in [2.24, 2.45) is 0 Å². The van der Waals surface area contributed by atoms with E-state index >= 15 is 0 Å². The maximum atomic E-state index is 5.29. The number of nitrogens with zero attached hydrogens (tertiary/aromatic N) is 2. The molecule has 1 aromatic heterocycles. The number of benzene rings is 1. The standard InChI is InChI=1S/C14H17N3O3.ClH/c1-18-11-4-3-9(7-12(11)19-2)8-13-16-14(20-17-13)10-5-6-15-10;/h3-4,7,10,15H,5-6,8H2,1-2H3;1H/t10-;/m1./s1. The van der Waals surface area contributed by atoms with Crippen LogP contribution in [0.2, 0.25) is 0 Å². The smallest absolute Gasteiger partial charge is 0.243 e. The van der Waals surface area contributed by atoms with Gasteiger partial charge in [-0.2, -0.15) is 4.98 Å². The number of rotatable bonds is 5. The van der Waals surface area contributed by atoms with Crippen LogP contribution in [0.1, 0.15) is 29.7 Å². The van der Waals surface area contributed by atoms with Gasteiger partial charge in [-0.25, -0.2) is 0 Å². The Balaban J connectivity index is 0.00000161. The number of hydrogen-bond acceptors (Lipinski definition) is 6. The average Bonchev–Trinajstić information content (AvgIpc) is 2.84. The number of ether oxygens (including phenoxy) is 2. The molecule has 0 radical (unpaired) electrons. The number of hydrogen-bond donors (Lipinski definition) is 1. The Labute approximate surface area is 129 Å². The summed E-state index contributed by atoms with van der Waals surface area (Å²) in [7, 11) is 3.24. The molecule has 0 spiro atoms. The Morgan fingerprint density at radius 3 is 2.67 bits per heavy atom. The van der Waals surface area contributed by atoms with Gasteiger partial charge in [-0.1, -0.05) is 11.2 Å². The van der Waals surface area contributed by atoms with Crippen LogP contribution >= 0.6 is 12.4 Å². The van der Waals surface area contributed by atoms with Crippen LogP contribution < -0.4 is 14.8 Å². The van der Waals surface area contributed by atoms with Gasteiger partial charge in [-0.05, 0) is 30.7 Å². The molecule has 0 bridgehead atoms. The fraction of sp³-hybridized carbons (Fsp3) is 0.429. The second-order valence-corrected chi connectivity index (χ2v) is 4.71. The van der Waals surface area contributed by atoms with Gasteiger partial charge in [0.2, 0.25) is 5.89 Å². The zero-order valence-electron chi connectivity index (χ0n) is 12.0. The Morgan fingerprint density at radius 1 is 1.29 bits per heavy atom. The number of nitrogens with one attached hydrogen (secondary N) is 1. The summed E-state index contributed by atoms with van der Waals surface area (Å²) >= 11 is 0. The van der Waals surface area contributed by atoms with Gasteiger partial charge < -0.3 is 19.3 Å². The molecule has 0 saturated carbocycles. The van der Waals surface area contributed by atoms with Crippen molar-refractivity contribution in [3.8, 4) is 11.5 Å². The largest absolute Gasteiger partial charge is 0.493 e. The van der Waals surface area contributed by atoms with E-state index in [1.165, 1.54) is 0 Å². The summed E-state index contributed by atoms with van der Waals surface area (Å²) in [4.78, 5) is 4.41. The number of aromatic nitrogens is 2. The third kappa shape index (κ3) is 3.28. The van der Waals surface area contributed by atoms with E-state index in [9.17, 15) is 0 Å². The van der Waals surface area contributed by atoms with E-state index in [0.717, 1.165) is 18.5 Å². The van der Waals surface area contributed by atoms with Gasteiger partial charge in [0.15, 0.2) is 17.3 Å². The van der Waals surface area contributed by atoms with Gasteiger partial charge in [-0.15, -0.1) is 12.4 Å². The first-order valence-corrected chi connectivity index (χ1v) is 6.57. The molecule has 3 rings (SSSR count). The minimum absolute atomic E-state index is 0. The summed E-state index contributed by atoms with van der Waals surface area (Å²) in [6.07, 6.45) is 1.66. The molecule has 1 fully saturated rings. The van der Waals surface area contributed by atoms with Crippen LogP contribution in [0.25, 0.3) is 0 Å². The molecular formula is C14H18ClN3O3. The molecule has 7 heteroatoms. The maximum absolute atomic E-state index is 5.29. The molecule has 1 aliphatic rings. The van der Waals surface area contributed by atoms with E-state index in [2.05, 4.69) is 15.5 Å². The van der Waals surface area contributed by atoms with E-state index < -0.39 is 0 Å². The zero-order chi connectivity index (χ0) is 13.9. The molecule has 2 heterocycles. The van der Waals surface area contributed by atoms with Crippen LogP contribution in [0, 0.1) is 0 Å². The van der Waals surface area contributed by atoms with Crippen molar-refractivity contribution in [2.75, 3.05) is 20.8 Å². The highest BCUT2D eigenvalue weighted by atomic mass is 35.5. The molecule has 0 amide bonds. The Morgan fingerprint density at radius 2 is 2.05 bits per heavy atom. The summed E-state index contributed by atoms with van der Waals surface area (Å²) in [5.74, 6) is 2.77. The highest BCUT2D eigenvalue weighted by molar-refractivity contribution is 5.85. The Hall–Kier alpha value is -1.79. The molecule has 0 unspecified atom stereocenters. The predicted octanol–water partition coefficient (Wildman–Crippen LogP) is 2.13. The second kappa shape index (κ2) is 6.78. The minimum Gasteiger partial charge on any atom is -0.493 e. The second-order valence-electron chi connectivity index (χ2n) is 4.71. The van der Waals surface area contributed by atoms with E-state index in [4.69, 9.17) is 14.0 Å². The Kier molecular flexibility index (Phi) is 5.03. The monoisotopic (exact) mass is 311 g/mol. The molecule has 1 atom stereocenters. The minimum atomic E-state index is 0. The quantitative estimate of drug-likeness (QED) is 0.912. The Bertz CT molecular complexity index is 599. The van der Waals surface area contributed by atoms with E-state index in [0.29, 0.717) is 29.6 Å². The third-order valence-electron chi connectivity index (χ3n) is 3.42. The lowest BCUT2D eigenvalue weighted by Gasteiger charge is -2.23. The van der Waals surface area contributed by atoms with Crippen LogP contribution in [0.4, 0.5) is 0 Å². The molecule has 21 heavy (non-hydrogen) atoms. The highest BCUT2D eigenvalue weighted by Gasteiger charge is 2.24. The molecule has 6 nitrogen and oxygen atoms in total. The van der Waals surface area contributed by atoms with Crippen LogP contribution in [0.15, 0.2) is 22.7 Å². The number of halogens is 1. The molecule has 1 aromatic carbocycles. The summed E-state index contributed by atoms with van der Waals surface area (Å²) in [6.45, 7) is 1.01. The summed E-state index contributed by atoms with van der Waals surface area (Å²) in [5, 5.41) is 7.25. The SMILES string of the molecule is COc1ccc(Cc2noc([C@H]3CCN3)n2)cc1OC.Cl. The van der Waals surface area contributed by atoms with Gasteiger partial charge in [0.1, 0.15) is 0 Å². The first-order valence-electron chi connectivity index (χ1n) is 6.57. The van der Waals surface area contributed by atoms with Crippen molar-refractivity contribution < 1.29 is 14.0 Å². The van der Waals surface area contributed by atoms with Gasteiger partial charge in [0.25, 0.3) is 0 Å². The molecular weight excluding hydrogens is 294 g/mol. The van der Waals surface area contributed by atoms with Crippen LogP contribution in [0.5, 0.6) is 11.5 Å². The van der Waals surface area contributed by atoms with Crippen LogP contribution in [0.3, 0.4) is 0 Å². The fourth-order valence-electron chi connectivity index (χ4n) is 2.15. The van der Waals surface area contributed by atoms with Crippen molar-refractivity contribution in [3.63, 3.8) is 0 Å². The van der Waals surface area contributed by atoms with Crippen molar-refractivity contribution in [1.82, 2.24) is 15.5 Å². The zero-order valence-corrected chi connectivity index (χ0v) is 12.8. The first kappa shape index (κ1) is 15.6. The average molecular weight is 312 g/mol. The van der Waals surface area contributed by atoms with Crippen LogP contribution in [-0.2, 0) is 6.42 Å². The van der Waals surface area contributed by atoms with Crippen molar-refractivity contribution in [1.29, 1.82) is 0 Å². The fourth-order valence-corrected chi connectivity index (χ4v) is 2.15. The molecule has 114 valence electrons. The summed E-state index contributed by atoms with van der Waals surface area (Å²) < 4.78 is 15.8. The normalized spacial score (nSPS) is 16.8. The highest BCUT2D eigenvalue weighted by Crippen LogP contribution is 2.28. The van der Waals surface area contributed by atoms with Gasteiger partial charge in [0, 0.05) is 6.42 Å². The molecule has 2 aromatic rings. The third-order valence-corrected chi connectivity index (χ3v) is 3.42. The molecule has 0 aliphatic carbocycles. The lowest BCUT2D eigenvalue weighted by Crippen LogP contribution is -2.35. The topological polar surface area (TPSA) is 69.4 Å². The van der Waals surface area contributed by atoms with Crippen LogP contribution in [-0.4, -0.2) is 30.9 Å². The van der Waals surface area contributed by atoms with Gasteiger partial charge in [-0.3, -0.25) is 0 Å². The van der Waals surface area contributed by atoms with E-state index in [1.54, 1.807) is 14.2 Å². The lowest BCUT2D eigenvalue weighted by molar-refractivity contribution is 0.272. The van der Waals surface area contributed by atoms with Crippen molar-refractivity contribution in [2.45, 2.75) is 18.9 Å². The summed E-state index contributed by atoms with van der Waals surface area (Å²) in [5.41, 5.74) is 1.05. The van der Waals surface area contributed by atoms with Crippen molar-refractivity contribution >= 4 is 12.4 Å². The lowest BCUT2D eigenvalue weighted by atomic mass is 10.1.